The fourth-order valence-electron chi connectivity index (χ4n) is 1.58. The highest BCUT2D eigenvalue weighted by Crippen LogP contribution is 2.21. The van der Waals surface area contributed by atoms with Gasteiger partial charge in [-0.1, -0.05) is 13.8 Å². The highest BCUT2D eigenvalue weighted by molar-refractivity contribution is 7.09. The molecule has 0 saturated carbocycles. The van der Waals surface area contributed by atoms with Crippen LogP contribution in [0.4, 0.5) is 0 Å². The second-order valence-corrected chi connectivity index (χ2v) is 6.36. The maximum Gasteiger partial charge on any atom is 0.0898 e. The molecule has 0 aliphatic heterocycles. The molecule has 1 aromatic rings. The van der Waals surface area contributed by atoms with Gasteiger partial charge in [0.2, 0.25) is 0 Å². The lowest BCUT2D eigenvalue weighted by Crippen LogP contribution is -2.32. The Morgan fingerprint density at radius 2 is 2.24 bits per heavy atom. The molecule has 1 unspecified atom stereocenters. The van der Waals surface area contributed by atoms with E-state index in [0.29, 0.717) is 6.04 Å². The summed E-state index contributed by atoms with van der Waals surface area (Å²) in [6.07, 6.45) is 1.07. The number of hydrogen-bond donors (Lipinski definition) is 1. The van der Waals surface area contributed by atoms with Crippen LogP contribution in [0.5, 0.6) is 0 Å². The third kappa shape index (κ3) is 5.15. The Kier molecular flexibility index (Phi) is 5.56. The van der Waals surface area contributed by atoms with Crippen molar-refractivity contribution in [1.29, 1.82) is 0 Å². The lowest BCUT2D eigenvalue weighted by atomic mass is 9.89. The van der Waals surface area contributed by atoms with Gasteiger partial charge in [-0.05, 0) is 25.7 Å². The molecule has 0 aliphatic carbocycles. The summed E-state index contributed by atoms with van der Waals surface area (Å²) in [5.74, 6) is 0. The summed E-state index contributed by atoms with van der Waals surface area (Å²) in [6.45, 7) is 10.5. The lowest BCUT2D eigenvalue weighted by Gasteiger charge is -2.26. The van der Waals surface area contributed by atoms with E-state index in [9.17, 15) is 0 Å². The topological polar surface area (TPSA) is 34.1 Å². The van der Waals surface area contributed by atoms with Gasteiger partial charge in [0.15, 0.2) is 0 Å². The SMILES string of the molecule is COCCC(C)(C)CNC(C)c1csc(C)n1. The van der Waals surface area contributed by atoms with Gasteiger partial charge in [0.1, 0.15) is 0 Å². The zero-order chi connectivity index (χ0) is 12.9. The Morgan fingerprint density at radius 1 is 1.53 bits per heavy atom. The van der Waals surface area contributed by atoms with Crippen LogP contribution < -0.4 is 5.32 Å². The van der Waals surface area contributed by atoms with E-state index < -0.39 is 0 Å². The summed E-state index contributed by atoms with van der Waals surface area (Å²) in [4.78, 5) is 4.50. The Labute approximate surface area is 109 Å². The standard InChI is InChI=1S/C13H24N2OS/c1-10(12-8-17-11(2)15-12)14-9-13(3,4)6-7-16-5/h8,10,14H,6-7,9H2,1-5H3. The molecule has 98 valence electrons. The van der Waals surface area contributed by atoms with Crippen molar-refractivity contribution in [3.05, 3.63) is 16.1 Å². The summed E-state index contributed by atoms with van der Waals surface area (Å²) in [5, 5.41) is 6.82. The van der Waals surface area contributed by atoms with Crippen LogP contribution in [0.25, 0.3) is 0 Å². The van der Waals surface area contributed by atoms with Crippen molar-refractivity contribution >= 4 is 11.3 Å². The average Bonchev–Trinajstić information content (AvgIpc) is 2.70. The smallest absolute Gasteiger partial charge is 0.0898 e. The highest BCUT2D eigenvalue weighted by atomic mass is 32.1. The monoisotopic (exact) mass is 256 g/mol. The molecule has 0 radical (unpaired) electrons. The fourth-order valence-corrected chi connectivity index (χ4v) is 2.29. The number of thiazole rings is 1. The van der Waals surface area contributed by atoms with Crippen LogP contribution in [0.3, 0.4) is 0 Å². The number of aryl methyl sites for hydroxylation is 1. The number of methoxy groups -OCH3 is 1. The quantitative estimate of drug-likeness (QED) is 0.813. The van der Waals surface area contributed by atoms with E-state index in [1.54, 1.807) is 18.4 Å². The number of aromatic nitrogens is 1. The van der Waals surface area contributed by atoms with Crippen molar-refractivity contribution in [2.24, 2.45) is 5.41 Å². The van der Waals surface area contributed by atoms with Crippen LogP contribution in [0.15, 0.2) is 5.38 Å². The minimum atomic E-state index is 0.259. The number of nitrogens with one attached hydrogen (secondary N) is 1. The van der Waals surface area contributed by atoms with Gasteiger partial charge < -0.3 is 10.1 Å². The first-order valence-corrected chi connectivity index (χ1v) is 6.97. The highest BCUT2D eigenvalue weighted by Gasteiger charge is 2.19. The maximum atomic E-state index is 5.13. The Balaban J connectivity index is 2.39. The first kappa shape index (κ1) is 14.6. The van der Waals surface area contributed by atoms with Crippen molar-refractivity contribution in [2.75, 3.05) is 20.3 Å². The molecule has 1 rings (SSSR count). The largest absolute Gasteiger partial charge is 0.385 e. The summed E-state index contributed by atoms with van der Waals surface area (Å²) in [5.41, 5.74) is 1.41. The van der Waals surface area contributed by atoms with E-state index >= 15 is 0 Å². The molecule has 0 spiro atoms. The van der Waals surface area contributed by atoms with Gasteiger partial charge in [0, 0.05) is 31.7 Å². The molecule has 0 saturated heterocycles. The predicted octanol–water partition coefficient (Wildman–Crippen LogP) is 3.16. The molecule has 0 fully saturated rings. The number of rotatable bonds is 7. The molecule has 17 heavy (non-hydrogen) atoms. The van der Waals surface area contributed by atoms with Gasteiger partial charge in [0.05, 0.1) is 10.7 Å². The first-order valence-electron chi connectivity index (χ1n) is 6.09. The molecule has 0 aromatic carbocycles. The van der Waals surface area contributed by atoms with Crippen molar-refractivity contribution in [3.63, 3.8) is 0 Å². The van der Waals surface area contributed by atoms with Crippen molar-refractivity contribution in [3.8, 4) is 0 Å². The number of ether oxygens (including phenoxy) is 1. The zero-order valence-corrected chi connectivity index (χ0v) is 12.4. The minimum Gasteiger partial charge on any atom is -0.385 e. The van der Waals surface area contributed by atoms with Gasteiger partial charge in [-0.25, -0.2) is 4.98 Å². The number of hydrogen-bond acceptors (Lipinski definition) is 4. The molecule has 1 N–H and O–H groups in total. The molecule has 4 heteroatoms. The molecule has 1 atom stereocenters. The maximum absolute atomic E-state index is 5.13. The van der Waals surface area contributed by atoms with Crippen LogP contribution >= 0.6 is 11.3 Å². The second kappa shape index (κ2) is 6.47. The number of nitrogens with zero attached hydrogens (tertiary/aromatic N) is 1. The molecule has 1 aromatic heterocycles. The Morgan fingerprint density at radius 3 is 2.76 bits per heavy atom. The Bertz CT molecular complexity index is 336. The molecule has 1 heterocycles. The third-order valence-corrected chi connectivity index (χ3v) is 3.74. The summed E-state index contributed by atoms with van der Waals surface area (Å²) in [7, 11) is 1.75. The van der Waals surface area contributed by atoms with E-state index in [1.165, 1.54) is 0 Å². The fraction of sp³-hybridized carbons (Fsp3) is 0.769. The minimum absolute atomic E-state index is 0.259. The van der Waals surface area contributed by atoms with Crippen LogP contribution in [0.2, 0.25) is 0 Å². The van der Waals surface area contributed by atoms with Crippen molar-refractivity contribution in [1.82, 2.24) is 10.3 Å². The molecular formula is C13H24N2OS. The van der Waals surface area contributed by atoms with E-state index in [2.05, 4.69) is 36.5 Å². The van der Waals surface area contributed by atoms with Crippen molar-refractivity contribution < 1.29 is 4.74 Å². The van der Waals surface area contributed by atoms with Crippen LogP contribution in [0.1, 0.15) is 43.9 Å². The van der Waals surface area contributed by atoms with Gasteiger partial charge in [-0.15, -0.1) is 11.3 Å². The Hall–Kier alpha value is -0.450. The molecule has 0 amide bonds. The lowest BCUT2D eigenvalue weighted by molar-refractivity contribution is 0.149. The van der Waals surface area contributed by atoms with Gasteiger partial charge in [-0.3, -0.25) is 0 Å². The third-order valence-electron chi connectivity index (χ3n) is 2.95. The predicted molar refractivity (Wildman–Crippen MR) is 73.5 cm³/mol. The van der Waals surface area contributed by atoms with Gasteiger partial charge in [0.25, 0.3) is 0 Å². The van der Waals surface area contributed by atoms with E-state index in [1.807, 2.05) is 6.92 Å². The summed E-state index contributed by atoms with van der Waals surface area (Å²) < 4.78 is 5.13. The van der Waals surface area contributed by atoms with Crippen LogP contribution in [-0.4, -0.2) is 25.2 Å². The van der Waals surface area contributed by atoms with Crippen LogP contribution in [-0.2, 0) is 4.74 Å². The zero-order valence-electron chi connectivity index (χ0n) is 11.5. The molecule has 0 aliphatic rings. The van der Waals surface area contributed by atoms with Crippen molar-refractivity contribution in [2.45, 2.75) is 40.2 Å². The van der Waals surface area contributed by atoms with E-state index in [4.69, 9.17) is 4.74 Å². The van der Waals surface area contributed by atoms with E-state index in [0.717, 1.165) is 30.3 Å². The van der Waals surface area contributed by atoms with Crippen LogP contribution in [0, 0.1) is 12.3 Å². The first-order chi connectivity index (χ1) is 7.94. The van der Waals surface area contributed by atoms with Gasteiger partial charge in [-0.2, -0.15) is 0 Å². The van der Waals surface area contributed by atoms with Gasteiger partial charge >= 0.3 is 0 Å². The van der Waals surface area contributed by atoms with E-state index in [-0.39, 0.29) is 5.41 Å². The summed E-state index contributed by atoms with van der Waals surface area (Å²) >= 11 is 1.71. The average molecular weight is 256 g/mol. The summed E-state index contributed by atoms with van der Waals surface area (Å²) in [6, 6.07) is 0.321. The molecule has 3 nitrogen and oxygen atoms in total. The second-order valence-electron chi connectivity index (χ2n) is 5.30. The molecule has 0 bridgehead atoms. The normalized spacial score (nSPS) is 13.9. The molecular weight excluding hydrogens is 232 g/mol.